The van der Waals surface area contributed by atoms with Crippen LogP contribution >= 0.6 is 23.2 Å². The van der Waals surface area contributed by atoms with Crippen molar-refractivity contribution < 1.29 is 9.66 Å². The first-order chi connectivity index (χ1) is 10.0. The zero-order valence-electron chi connectivity index (χ0n) is 11.1. The molecular formula is C14H12Cl2N2O3. The Morgan fingerprint density at radius 3 is 2.48 bits per heavy atom. The van der Waals surface area contributed by atoms with Gasteiger partial charge in [0, 0.05) is 28.2 Å². The van der Waals surface area contributed by atoms with Crippen LogP contribution in [0.15, 0.2) is 36.4 Å². The first-order valence-corrected chi connectivity index (χ1v) is 6.81. The Balaban J connectivity index is 2.42. The second-order valence-electron chi connectivity index (χ2n) is 4.25. The maximum absolute atomic E-state index is 11.1. The molecule has 1 N–H and O–H groups in total. The molecule has 0 unspecified atom stereocenters. The van der Waals surface area contributed by atoms with Gasteiger partial charge in [-0.1, -0.05) is 29.3 Å². The fraction of sp³-hybridized carbons (Fsp3) is 0.143. The lowest BCUT2D eigenvalue weighted by molar-refractivity contribution is -0.385. The number of ether oxygens (including phenoxy) is 1. The third kappa shape index (κ3) is 3.85. The minimum absolute atomic E-state index is 0.115. The lowest BCUT2D eigenvalue weighted by Crippen LogP contribution is -2.06. The standard InChI is InChI=1S/C14H12Cl2N2O3/c1-17-8-9-2-3-11(16)7-14(9)21-13-5-4-10(15)6-12(13)18(19)20/h2-7,17H,8H2,1H3. The first kappa shape index (κ1) is 15.6. The van der Waals surface area contributed by atoms with Crippen molar-refractivity contribution in [2.24, 2.45) is 0 Å². The van der Waals surface area contributed by atoms with Crippen molar-refractivity contribution in [3.8, 4) is 11.5 Å². The summed E-state index contributed by atoms with van der Waals surface area (Å²) < 4.78 is 5.67. The Bertz CT molecular complexity index is 677. The van der Waals surface area contributed by atoms with E-state index in [1.165, 1.54) is 18.2 Å². The van der Waals surface area contributed by atoms with Gasteiger partial charge in [0.1, 0.15) is 5.75 Å². The molecule has 7 heteroatoms. The van der Waals surface area contributed by atoms with E-state index in [9.17, 15) is 10.1 Å². The molecule has 0 aromatic heterocycles. The molecule has 2 rings (SSSR count). The number of hydrogen-bond acceptors (Lipinski definition) is 4. The van der Waals surface area contributed by atoms with Crippen LogP contribution in [0.3, 0.4) is 0 Å². The van der Waals surface area contributed by atoms with Gasteiger partial charge in [-0.15, -0.1) is 0 Å². The quantitative estimate of drug-likeness (QED) is 0.652. The molecule has 0 aliphatic carbocycles. The second kappa shape index (κ2) is 6.76. The number of nitrogens with one attached hydrogen (secondary N) is 1. The van der Waals surface area contributed by atoms with E-state index in [-0.39, 0.29) is 16.5 Å². The summed E-state index contributed by atoms with van der Waals surface area (Å²) in [4.78, 5) is 10.5. The van der Waals surface area contributed by atoms with E-state index in [4.69, 9.17) is 27.9 Å². The Hall–Kier alpha value is -1.82. The number of nitro benzene ring substituents is 1. The minimum Gasteiger partial charge on any atom is -0.450 e. The van der Waals surface area contributed by atoms with E-state index in [0.717, 1.165) is 5.56 Å². The Morgan fingerprint density at radius 1 is 1.14 bits per heavy atom. The fourth-order valence-electron chi connectivity index (χ4n) is 1.80. The number of benzene rings is 2. The molecule has 0 heterocycles. The summed E-state index contributed by atoms with van der Waals surface area (Å²) in [5, 5.41) is 14.8. The zero-order valence-corrected chi connectivity index (χ0v) is 12.6. The summed E-state index contributed by atoms with van der Waals surface area (Å²) in [6, 6.07) is 9.40. The maximum Gasteiger partial charge on any atom is 0.313 e. The van der Waals surface area contributed by atoms with Crippen molar-refractivity contribution in [3.05, 3.63) is 62.1 Å². The highest BCUT2D eigenvalue weighted by Gasteiger charge is 2.17. The van der Waals surface area contributed by atoms with E-state index in [0.29, 0.717) is 17.3 Å². The molecule has 5 nitrogen and oxygen atoms in total. The van der Waals surface area contributed by atoms with Crippen LogP contribution in [0, 0.1) is 10.1 Å². The Morgan fingerprint density at radius 2 is 1.81 bits per heavy atom. The number of nitro groups is 1. The van der Waals surface area contributed by atoms with Gasteiger partial charge in [-0.3, -0.25) is 10.1 Å². The molecule has 21 heavy (non-hydrogen) atoms. The summed E-state index contributed by atoms with van der Waals surface area (Å²) in [7, 11) is 1.79. The van der Waals surface area contributed by atoms with Crippen molar-refractivity contribution >= 4 is 28.9 Å². The summed E-state index contributed by atoms with van der Waals surface area (Å²) >= 11 is 11.7. The topological polar surface area (TPSA) is 64.4 Å². The number of rotatable bonds is 5. The van der Waals surface area contributed by atoms with Gasteiger partial charge in [-0.25, -0.2) is 0 Å². The van der Waals surface area contributed by atoms with Crippen LogP contribution in [0.1, 0.15) is 5.56 Å². The number of hydrogen-bond donors (Lipinski definition) is 1. The molecule has 0 radical (unpaired) electrons. The molecule has 0 saturated heterocycles. The highest BCUT2D eigenvalue weighted by Crippen LogP contribution is 2.35. The summed E-state index contributed by atoms with van der Waals surface area (Å²) in [5.74, 6) is 0.575. The van der Waals surface area contributed by atoms with Crippen molar-refractivity contribution in [3.63, 3.8) is 0 Å². The molecule has 0 aliphatic rings. The summed E-state index contributed by atoms with van der Waals surface area (Å²) in [5.41, 5.74) is 0.643. The Labute approximate surface area is 131 Å². The average Bonchev–Trinajstić information content (AvgIpc) is 2.43. The normalized spacial score (nSPS) is 10.4. The molecule has 0 spiro atoms. The summed E-state index contributed by atoms with van der Waals surface area (Å²) in [6.07, 6.45) is 0. The van der Waals surface area contributed by atoms with E-state index < -0.39 is 4.92 Å². The van der Waals surface area contributed by atoms with Gasteiger partial charge in [0.15, 0.2) is 0 Å². The molecule has 110 valence electrons. The monoisotopic (exact) mass is 326 g/mol. The predicted molar refractivity (Wildman–Crippen MR) is 82.4 cm³/mol. The van der Waals surface area contributed by atoms with Crippen LogP contribution in [0.2, 0.25) is 10.0 Å². The molecule has 0 amide bonds. The van der Waals surface area contributed by atoms with Crippen LogP contribution in [0.5, 0.6) is 11.5 Å². The van der Waals surface area contributed by atoms with E-state index in [1.807, 2.05) is 0 Å². The highest BCUT2D eigenvalue weighted by molar-refractivity contribution is 6.31. The minimum atomic E-state index is -0.538. The number of nitrogens with zero attached hydrogens (tertiary/aromatic N) is 1. The SMILES string of the molecule is CNCc1ccc(Cl)cc1Oc1ccc(Cl)cc1[N+](=O)[O-]. The van der Waals surface area contributed by atoms with E-state index in [2.05, 4.69) is 5.32 Å². The average molecular weight is 327 g/mol. The van der Waals surface area contributed by atoms with Crippen LogP contribution in [0.25, 0.3) is 0 Å². The maximum atomic E-state index is 11.1. The second-order valence-corrected chi connectivity index (χ2v) is 5.13. The molecule has 0 bridgehead atoms. The zero-order chi connectivity index (χ0) is 15.4. The highest BCUT2D eigenvalue weighted by atomic mass is 35.5. The van der Waals surface area contributed by atoms with Crippen molar-refractivity contribution in [2.75, 3.05) is 7.05 Å². The smallest absolute Gasteiger partial charge is 0.313 e. The van der Waals surface area contributed by atoms with Crippen LogP contribution < -0.4 is 10.1 Å². The molecule has 2 aromatic rings. The lowest BCUT2D eigenvalue weighted by atomic mass is 10.2. The van der Waals surface area contributed by atoms with Crippen molar-refractivity contribution in [1.29, 1.82) is 0 Å². The van der Waals surface area contributed by atoms with Gasteiger partial charge in [0.25, 0.3) is 0 Å². The summed E-state index contributed by atoms with van der Waals surface area (Å²) in [6.45, 7) is 0.549. The molecule has 0 saturated carbocycles. The lowest BCUT2D eigenvalue weighted by Gasteiger charge is -2.11. The number of halogens is 2. The van der Waals surface area contributed by atoms with Gasteiger partial charge in [-0.05, 0) is 31.3 Å². The van der Waals surface area contributed by atoms with Gasteiger partial charge in [-0.2, -0.15) is 0 Å². The van der Waals surface area contributed by atoms with Gasteiger partial charge >= 0.3 is 5.69 Å². The van der Waals surface area contributed by atoms with Gasteiger partial charge < -0.3 is 10.1 Å². The van der Waals surface area contributed by atoms with Crippen LogP contribution in [-0.4, -0.2) is 12.0 Å². The van der Waals surface area contributed by atoms with E-state index >= 15 is 0 Å². The third-order valence-corrected chi connectivity index (χ3v) is 3.20. The molecule has 0 atom stereocenters. The van der Waals surface area contributed by atoms with Gasteiger partial charge in [0.05, 0.1) is 4.92 Å². The van der Waals surface area contributed by atoms with Crippen molar-refractivity contribution in [2.45, 2.75) is 6.54 Å². The third-order valence-electron chi connectivity index (χ3n) is 2.73. The first-order valence-electron chi connectivity index (χ1n) is 6.06. The van der Waals surface area contributed by atoms with Crippen LogP contribution in [-0.2, 0) is 6.54 Å². The Kier molecular flexibility index (Phi) is 5.01. The fourth-order valence-corrected chi connectivity index (χ4v) is 2.13. The molecule has 0 fully saturated rings. The predicted octanol–water partition coefficient (Wildman–Crippen LogP) is 4.41. The molecular weight excluding hydrogens is 315 g/mol. The largest absolute Gasteiger partial charge is 0.450 e. The van der Waals surface area contributed by atoms with Crippen molar-refractivity contribution in [1.82, 2.24) is 5.32 Å². The molecule has 2 aromatic carbocycles. The van der Waals surface area contributed by atoms with Gasteiger partial charge in [0.2, 0.25) is 5.75 Å². The van der Waals surface area contributed by atoms with E-state index in [1.54, 1.807) is 25.2 Å². The van der Waals surface area contributed by atoms with Crippen LogP contribution in [0.4, 0.5) is 5.69 Å². The molecule has 0 aliphatic heterocycles.